The lowest BCUT2D eigenvalue weighted by molar-refractivity contribution is -0.186. The summed E-state index contributed by atoms with van der Waals surface area (Å²) >= 11 is 0. The molecule has 1 aliphatic rings. The van der Waals surface area contributed by atoms with Crippen molar-refractivity contribution in [1.29, 1.82) is 0 Å². The van der Waals surface area contributed by atoms with Crippen molar-refractivity contribution in [2.45, 2.75) is 31.7 Å². The SMILES string of the molecule is CC[C@H](CC(=O)N(C)OCC(=O)O)NC(=O)OCC1c2ccccc2-c2ccccc21. The fraction of sp³-hybridized carbons (Fsp3) is 0.348. The zero-order valence-corrected chi connectivity index (χ0v) is 17.5. The quantitative estimate of drug-likeness (QED) is 0.597. The summed E-state index contributed by atoms with van der Waals surface area (Å²) in [7, 11) is 1.34. The van der Waals surface area contributed by atoms with E-state index in [0.717, 1.165) is 27.3 Å². The second-order valence-electron chi connectivity index (χ2n) is 7.34. The Hall–Kier alpha value is -3.39. The molecule has 0 bridgehead atoms. The van der Waals surface area contributed by atoms with Gasteiger partial charge in [0.1, 0.15) is 6.61 Å². The molecule has 0 unspecified atom stereocenters. The Bertz CT molecular complexity index is 915. The number of carboxylic acids is 1. The van der Waals surface area contributed by atoms with Crippen LogP contribution in [0.3, 0.4) is 0 Å². The Balaban J connectivity index is 1.56. The molecule has 8 heteroatoms. The fourth-order valence-electron chi connectivity index (χ4n) is 3.67. The fourth-order valence-corrected chi connectivity index (χ4v) is 3.67. The van der Waals surface area contributed by atoms with E-state index in [1.54, 1.807) is 0 Å². The highest BCUT2D eigenvalue weighted by Crippen LogP contribution is 2.44. The second-order valence-corrected chi connectivity index (χ2v) is 7.34. The first-order valence-electron chi connectivity index (χ1n) is 10.1. The van der Waals surface area contributed by atoms with Gasteiger partial charge in [-0.2, -0.15) is 0 Å². The van der Waals surface area contributed by atoms with Gasteiger partial charge in [-0.3, -0.25) is 9.63 Å². The van der Waals surface area contributed by atoms with E-state index in [1.807, 2.05) is 43.3 Å². The van der Waals surface area contributed by atoms with Gasteiger partial charge < -0.3 is 15.2 Å². The van der Waals surface area contributed by atoms with Crippen LogP contribution in [0, 0.1) is 0 Å². The Labute approximate surface area is 180 Å². The number of carboxylic acid groups (broad SMARTS) is 1. The third-order valence-electron chi connectivity index (χ3n) is 5.31. The van der Waals surface area contributed by atoms with Crippen molar-refractivity contribution in [3.63, 3.8) is 0 Å². The number of fused-ring (bicyclic) bond motifs is 3. The van der Waals surface area contributed by atoms with E-state index in [1.165, 1.54) is 7.05 Å². The minimum atomic E-state index is -1.18. The van der Waals surface area contributed by atoms with Gasteiger partial charge in [-0.15, -0.1) is 0 Å². The van der Waals surface area contributed by atoms with E-state index >= 15 is 0 Å². The van der Waals surface area contributed by atoms with Crippen molar-refractivity contribution >= 4 is 18.0 Å². The molecule has 8 nitrogen and oxygen atoms in total. The van der Waals surface area contributed by atoms with Gasteiger partial charge in [0.15, 0.2) is 6.61 Å². The predicted octanol–water partition coefficient (Wildman–Crippen LogP) is 3.17. The van der Waals surface area contributed by atoms with E-state index in [9.17, 15) is 14.4 Å². The van der Waals surface area contributed by atoms with Crippen LogP contribution in [0.15, 0.2) is 48.5 Å². The summed E-state index contributed by atoms with van der Waals surface area (Å²) in [5, 5.41) is 12.2. The summed E-state index contributed by atoms with van der Waals surface area (Å²) in [5.41, 5.74) is 4.54. The predicted molar refractivity (Wildman–Crippen MR) is 113 cm³/mol. The molecule has 1 aliphatic carbocycles. The molecule has 0 saturated heterocycles. The molecule has 0 aromatic heterocycles. The maximum atomic E-state index is 12.4. The van der Waals surface area contributed by atoms with Crippen molar-refractivity contribution in [3.05, 3.63) is 59.7 Å². The Kier molecular flexibility index (Phi) is 7.25. The smallest absolute Gasteiger partial charge is 0.407 e. The number of hydrogen-bond donors (Lipinski definition) is 2. The van der Waals surface area contributed by atoms with Crippen LogP contribution in [0.25, 0.3) is 11.1 Å². The number of nitrogens with zero attached hydrogens (tertiary/aromatic N) is 1. The van der Waals surface area contributed by atoms with Crippen molar-refractivity contribution in [2.24, 2.45) is 0 Å². The van der Waals surface area contributed by atoms with Crippen LogP contribution >= 0.6 is 0 Å². The molecule has 2 aromatic carbocycles. The summed E-state index contributed by atoms with van der Waals surface area (Å²) in [5.74, 6) is -1.66. The van der Waals surface area contributed by atoms with Gasteiger partial charge in [-0.1, -0.05) is 55.5 Å². The molecule has 0 aliphatic heterocycles. The first-order chi connectivity index (χ1) is 14.9. The molecule has 0 saturated carbocycles. The van der Waals surface area contributed by atoms with E-state index < -0.39 is 30.6 Å². The zero-order valence-electron chi connectivity index (χ0n) is 17.5. The number of hydroxylamine groups is 2. The highest BCUT2D eigenvalue weighted by molar-refractivity contribution is 5.79. The molecule has 0 spiro atoms. The largest absolute Gasteiger partial charge is 0.479 e. The Morgan fingerprint density at radius 2 is 1.65 bits per heavy atom. The van der Waals surface area contributed by atoms with Gasteiger partial charge in [0.25, 0.3) is 0 Å². The Morgan fingerprint density at radius 3 is 2.19 bits per heavy atom. The number of carbonyl (C=O) groups excluding carboxylic acids is 2. The lowest BCUT2D eigenvalue weighted by atomic mass is 9.98. The number of carbonyl (C=O) groups is 3. The molecule has 2 aromatic rings. The number of benzene rings is 2. The zero-order chi connectivity index (χ0) is 22.4. The average molecular weight is 426 g/mol. The summed E-state index contributed by atoms with van der Waals surface area (Å²) in [6.45, 7) is 1.41. The topological polar surface area (TPSA) is 105 Å². The van der Waals surface area contributed by atoms with Crippen LogP contribution in [0.4, 0.5) is 4.79 Å². The monoisotopic (exact) mass is 426 g/mol. The number of aliphatic carboxylic acids is 1. The third-order valence-corrected chi connectivity index (χ3v) is 5.31. The minimum Gasteiger partial charge on any atom is -0.479 e. The van der Waals surface area contributed by atoms with Gasteiger partial charge in [0.2, 0.25) is 5.91 Å². The second kappa shape index (κ2) is 10.1. The summed E-state index contributed by atoms with van der Waals surface area (Å²) in [4.78, 5) is 39.9. The van der Waals surface area contributed by atoms with E-state index in [-0.39, 0.29) is 18.9 Å². The lowest BCUT2D eigenvalue weighted by Gasteiger charge is -2.21. The highest BCUT2D eigenvalue weighted by atomic mass is 16.7. The van der Waals surface area contributed by atoms with Gasteiger partial charge in [0, 0.05) is 25.4 Å². The number of nitrogens with one attached hydrogen (secondary N) is 1. The van der Waals surface area contributed by atoms with E-state index in [0.29, 0.717) is 6.42 Å². The summed E-state index contributed by atoms with van der Waals surface area (Å²) < 4.78 is 5.51. The van der Waals surface area contributed by atoms with Crippen LogP contribution in [-0.4, -0.2) is 54.4 Å². The summed E-state index contributed by atoms with van der Waals surface area (Å²) in [6.07, 6.45) is -0.130. The standard InChI is InChI=1S/C23H26N2O6/c1-3-15(12-21(26)25(2)31-14-22(27)28)24-23(29)30-13-20-18-10-6-4-8-16(18)17-9-5-7-11-19(17)20/h4-11,15,20H,3,12-14H2,1-2H3,(H,24,29)(H,27,28)/t15-/m1/s1. The molecule has 164 valence electrons. The first-order valence-corrected chi connectivity index (χ1v) is 10.1. The van der Waals surface area contributed by atoms with Gasteiger partial charge in [-0.05, 0) is 28.7 Å². The van der Waals surface area contributed by atoms with Crippen LogP contribution in [0.1, 0.15) is 36.8 Å². The lowest BCUT2D eigenvalue weighted by Crippen LogP contribution is -2.40. The molecule has 31 heavy (non-hydrogen) atoms. The van der Waals surface area contributed by atoms with Crippen LogP contribution in [0.5, 0.6) is 0 Å². The van der Waals surface area contributed by atoms with Gasteiger partial charge in [-0.25, -0.2) is 14.7 Å². The molecule has 1 atom stereocenters. The van der Waals surface area contributed by atoms with Gasteiger partial charge in [0.05, 0.1) is 0 Å². The van der Waals surface area contributed by atoms with Gasteiger partial charge >= 0.3 is 12.1 Å². The number of amides is 2. The molecule has 2 N–H and O–H groups in total. The Morgan fingerprint density at radius 1 is 1.06 bits per heavy atom. The van der Waals surface area contributed by atoms with E-state index in [2.05, 4.69) is 17.4 Å². The summed E-state index contributed by atoms with van der Waals surface area (Å²) in [6, 6.07) is 15.7. The van der Waals surface area contributed by atoms with Crippen molar-refractivity contribution < 1.29 is 29.1 Å². The number of ether oxygens (including phenoxy) is 1. The molecule has 0 radical (unpaired) electrons. The molecule has 2 amide bonds. The minimum absolute atomic E-state index is 0.0309. The third kappa shape index (κ3) is 5.40. The van der Waals surface area contributed by atoms with Crippen molar-refractivity contribution in [3.8, 4) is 11.1 Å². The van der Waals surface area contributed by atoms with Crippen LogP contribution in [-0.2, 0) is 19.2 Å². The maximum absolute atomic E-state index is 12.4. The van der Waals surface area contributed by atoms with Crippen LogP contribution < -0.4 is 5.32 Å². The molecular formula is C23H26N2O6. The number of rotatable bonds is 9. The van der Waals surface area contributed by atoms with E-state index in [4.69, 9.17) is 14.7 Å². The average Bonchev–Trinajstić information content (AvgIpc) is 3.09. The molecule has 3 rings (SSSR count). The number of hydrogen-bond acceptors (Lipinski definition) is 5. The molecule has 0 heterocycles. The molecule has 0 fully saturated rings. The maximum Gasteiger partial charge on any atom is 0.407 e. The number of alkyl carbamates (subject to hydrolysis) is 1. The first kappa shape index (κ1) is 22.3. The van der Waals surface area contributed by atoms with Crippen molar-refractivity contribution in [1.82, 2.24) is 10.4 Å². The molecular weight excluding hydrogens is 400 g/mol. The van der Waals surface area contributed by atoms with Crippen LogP contribution in [0.2, 0.25) is 0 Å². The highest BCUT2D eigenvalue weighted by Gasteiger charge is 2.29. The normalized spacial score (nSPS) is 13.1. The van der Waals surface area contributed by atoms with Crippen molar-refractivity contribution in [2.75, 3.05) is 20.3 Å².